The highest BCUT2D eigenvalue weighted by molar-refractivity contribution is 14.0. The molecule has 29 heavy (non-hydrogen) atoms. The number of rotatable bonds is 6. The lowest BCUT2D eigenvalue weighted by molar-refractivity contribution is 0.0529. The third-order valence-corrected chi connectivity index (χ3v) is 4.93. The Morgan fingerprint density at radius 2 is 1.97 bits per heavy atom. The van der Waals surface area contributed by atoms with Crippen LogP contribution in [0.1, 0.15) is 18.1 Å². The topological polar surface area (TPSA) is 61.8 Å². The van der Waals surface area contributed by atoms with Crippen LogP contribution in [0.25, 0.3) is 0 Å². The molecule has 158 valence electrons. The molecule has 1 atom stereocenters. The zero-order valence-corrected chi connectivity index (χ0v) is 20.0. The number of halogens is 2. The standard InChI is InChI=1S/C21H28ClN5O.HI/c1-16-15-27(11-12-28-16)20-8-5-18(13-25-20)14-26-21(23-2)24-10-9-17-3-6-19(22)7-4-17;/h3-8,13,16H,9-12,14-15H2,1-2H3,(H2,23,24,26);1H. The molecule has 1 saturated heterocycles. The lowest BCUT2D eigenvalue weighted by atomic mass is 10.1. The van der Waals surface area contributed by atoms with Crippen LogP contribution in [0.2, 0.25) is 5.02 Å². The van der Waals surface area contributed by atoms with Gasteiger partial charge in [-0.3, -0.25) is 4.99 Å². The smallest absolute Gasteiger partial charge is 0.191 e. The monoisotopic (exact) mass is 529 g/mol. The van der Waals surface area contributed by atoms with Crippen LogP contribution in [0.4, 0.5) is 5.82 Å². The lowest BCUT2D eigenvalue weighted by Crippen LogP contribution is -2.41. The number of morpholine rings is 1. The first-order valence-corrected chi connectivity index (χ1v) is 10.0. The van der Waals surface area contributed by atoms with Gasteiger partial charge in [-0.05, 0) is 42.7 Å². The van der Waals surface area contributed by atoms with Crippen LogP contribution in [-0.4, -0.2) is 50.3 Å². The van der Waals surface area contributed by atoms with Crippen LogP contribution in [0.3, 0.4) is 0 Å². The third-order valence-electron chi connectivity index (χ3n) is 4.68. The van der Waals surface area contributed by atoms with Gasteiger partial charge in [0.15, 0.2) is 5.96 Å². The summed E-state index contributed by atoms with van der Waals surface area (Å²) in [6.07, 6.45) is 3.08. The van der Waals surface area contributed by atoms with E-state index in [0.717, 1.165) is 55.0 Å². The number of hydrogen-bond acceptors (Lipinski definition) is 4. The summed E-state index contributed by atoms with van der Waals surface area (Å²) in [6, 6.07) is 12.1. The highest BCUT2D eigenvalue weighted by Crippen LogP contribution is 2.15. The number of benzene rings is 1. The van der Waals surface area contributed by atoms with E-state index in [-0.39, 0.29) is 30.1 Å². The molecule has 2 heterocycles. The van der Waals surface area contributed by atoms with Crippen molar-refractivity contribution in [1.82, 2.24) is 15.6 Å². The summed E-state index contributed by atoms with van der Waals surface area (Å²) in [5, 5.41) is 7.43. The molecule has 0 spiro atoms. The number of nitrogens with one attached hydrogen (secondary N) is 2. The second-order valence-electron chi connectivity index (χ2n) is 6.88. The molecule has 2 N–H and O–H groups in total. The Labute approximate surface area is 195 Å². The quantitative estimate of drug-likeness (QED) is 0.341. The van der Waals surface area contributed by atoms with Crippen molar-refractivity contribution < 1.29 is 4.74 Å². The molecule has 3 rings (SSSR count). The molecule has 1 aliphatic heterocycles. The van der Waals surface area contributed by atoms with Crippen LogP contribution in [0, 0.1) is 0 Å². The number of aromatic nitrogens is 1. The fourth-order valence-corrected chi connectivity index (χ4v) is 3.24. The van der Waals surface area contributed by atoms with Gasteiger partial charge in [-0.25, -0.2) is 4.98 Å². The molecule has 1 unspecified atom stereocenters. The molecule has 0 bridgehead atoms. The predicted molar refractivity (Wildman–Crippen MR) is 131 cm³/mol. The van der Waals surface area contributed by atoms with Crippen molar-refractivity contribution in [3.8, 4) is 0 Å². The first-order chi connectivity index (χ1) is 13.6. The summed E-state index contributed by atoms with van der Waals surface area (Å²) < 4.78 is 5.59. The van der Waals surface area contributed by atoms with Crippen LogP contribution in [-0.2, 0) is 17.7 Å². The van der Waals surface area contributed by atoms with Gasteiger partial charge >= 0.3 is 0 Å². The zero-order chi connectivity index (χ0) is 19.8. The number of guanidine groups is 1. The van der Waals surface area contributed by atoms with Crippen LogP contribution in [0.15, 0.2) is 47.6 Å². The molecule has 1 aromatic heterocycles. The van der Waals surface area contributed by atoms with E-state index in [9.17, 15) is 0 Å². The Kier molecular flexibility index (Phi) is 9.96. The zero-order valence-electron chi connectivity index (χ0n) is 16.9. The molecule has 1 aliphatic rings. The van der Waals surface area contributed by atoms with Gasteiger partial charge in [0.05, 0.1) is 12.7 Å². The number of anilines is 1. The van der Waals surface area contributed by atoms with Gasteiger partial charge in [-0.1, -0.05) is 29.8 Å². The number of pyridine rings is 1. The van der Waals surface area contributed by atoms with Gasteiger partial charge in [0.25, 0.3) is 0 Å². The molecule has 0 amide bonds. The van der Waals surface area contributed by atoms with E-state index in [4.69, 9.17) is 16.3 Å². The van der Waals surface area contributed by atoms with Gasteiger partial charge < -0.3 is 20.3 Å². The second kappa shape index (κ2) is 12.2. The average Bonchev–Trinajstić information content (AvgIpc) is 2.72. The van der Waals surface area contributed by atoms with Crippen molar-refractivity contribution >= 4 is 47.4 Å². The van der Waals surface area contributed by atoms with E-state index in [2.05, 4.69) is 44.6 Å². The number of hydrogen-bond donors (Lipinski definition) is 2. The Balaban J connectivity index is 0.00000300. The summed E-state index contributed by atoms with van der Waals surface area (Å²) in [5.41, 5.74) is 2.36. The van der Waals surface area contributed by atoms with Crippen LogP contribution in [0.5, 0.6) is 0 Å². The summed E-state index contributed by atoms with van der Waals surface area (Å²) in [7, 11) is 1.78. The van der Waals surface area contributed by atoms with E-state index in [1.165, 1.54) is 5.56 Å². The van der Waals surface area contributed by atoms with E-state index in [1.807, 2.05) is 30.5 Å². The molecule has 0 aliphatic carbocycles. The van der Waals surface area contributed by atoms with Crippen molar-refractivity contribution in [2.24, 2.45) is 4.99 Å². The van der Waals surface area contributed by atoms with Crippen LogP contribution >= 0.6 is 35.6 Å². The van der Waals surface area contributed by atoms with Gasteiger partial charge in [-0.2, -0.15) is 0 Å². The van der Waals surface area contributed by atoms with Gasteiger partial charge in [0.2, 0.25) is 0 Å². The van der Waals surface area contributed by atoms with Crippen molar-refractivity contribution in [1.29, 1.82) is 0 Å². The van der Waals surface area contributed by atoms with E-state index in [1.54, 1.807) is 7.05 Å². The normalized spacial score (nSPS) is 16.9. The van der Waals surface area contributed by atoms with Crippen molar-refractivity contribution in [2.45, 2.75) is 26.0 Å². The Bertz CT molecular complexity index is 770. The maximum Gasteiger partial charge on any atom is 0.191 e. The van der Waals surface area contributed by atoms with Gasteiger partial charge in [0, 0.05) is 44.4 Å². The van der Waals surface area contributed by atoms with E-state index in [0.29, 0.717) is 6.54 Å². The van der Waals surface area contributed by atoms with Crippen molar-refractivity contribution in [3.05, 3.63) is 58.7 Å². The first-order valence-electron chi connectivity index (χ1n) is 9.64. The maximum absolute atomic E-state index is 5.92. The third kappa shape index (κ3) is 7.64. The largest absolute Gasteiger partial charge is 0.375 e. The lowest BCUT2D eigenvalue weighted by Gasteiger charge is -2.32. The maximum atomic E-state index is 5.92. The summed E-state index contributed by atoms with van der Waals surface area (Å²) in [6.45, 7) is 6.09. The van der Waals surface area contributed by atoms with Gasteiger partial charge in [0.1, 0.15) is 5.82 Å². The molecule has 2 aromatic rings. The number of ether oxygens (including phenoxy) is 1. The highest BCUT2D eigenvalue weighted by Gasteiger charge is 2.17. The fraction of sp³-hybridized carbons (Fsp3) is 0.429. The van der Waals surface area contributed by atoms with Crippen molar-refractivity contribution in [2.75, 3.05) is 38.2 Å². The second-order valence-corrected chi connectivity index (χ2v) is 7.32. The minimum Gasteiger partial charge on any atom is -0.375 e. The Hall–Kier alpha value is -1.58. The fourth-order valence-electron chi connectivity index (χ4n) is 3.12. The Morgan fingerprint density at radius 3 is 2.62 bits per heavy atom. The summed E-state index contributed by atoms with van der Waals surface area (Å²) >= 11 is 5.92. The molecular weight excluding hydrogens is 501 g/mol. The van der Waals surface area contributed by atoms with Crippen molar-refractivity contribution in [3.63, 3.8) is 0 Å². The molecule has 8 heteroatoms. The predicted octanol–water partition coefficient (Wildman–Crippen LogP) is 3.49. The molecule has 6 nitrogen and oxygen atoms in total. The first kappa shape index (κ1) is 23.7. The average molecular weight is 530 g/mol. The highest BCUT2D eigenvalue weighted by atomic mass is 127. The Morgan fingerprint density at radius 1 is 1.21 bits per heavy atom. The molecule has 0 saturated carbocycles. The van der Waals surface area contributed by atoms with E-state index >= 15 is 0 Å². The molecular formula is C21H29ClIN5O. The summed E-state index contributed by atoms with van der Waals surface area (Å²) in [4.78, 5) is 11.2. The summed E-state index contributed by atoms with van der Waals surface area (Å²) in [5.74, 6) is 1.78. The molecule has 1 fully saturated rings. The number of aliphatic imine (C=N–C) groups is 1. The molecule has 0 radical (unpaired) electrons. The van der Waals surface area contributed by atoms with Gasteiger partial charge in [-0.15, -0.1) is 24.0 Å². The SMILES string of the molecule is CN=C(NCCc1ccc(Cl)cc1)NCc1ccc(N2CCOC(C)C2)nc1.I. The minimum atomic E-state index is 0. The number of nitrogens with zero attached hydrogens (tertiary/aromatic N) is 3. The van der Waals surface area contributed by atoms with Crippen LogP contribution < -0.4 is 15.5 Å². The minimum absolute atomic E-state index is 0. The van der Waals surface area contributed by atoms with E-state index < -0.39 is 0 Å². The molecule has 1 aromatic carbocycles.